The summed E-state index contributed by atoms with van der Waals surface area (Å²) >= 11 is 0. The Kier molecular flexibility index (Phi) is 4.34. The van der Waals surface area contributed by atoms with Crippen molar-refractivity contribution in [1.29, 1.82) is 0 Å². The number of hydrogen-bond acceptors (Lipinski definition) is 3. The zero-order valence-electron chi connectivity index (χ0n) is 11.2. The molecule has 0 aliphatic heterocycles. The minimum Gasteiger partial charge on any atom is -0.464 e. The van der Waals surface area contributed by atoms with Crippen LogP contribution in [0.15, 0.2) is 34.7 Å². The topological polar surface area (TPSA) is 51.2 Å². The van der Waals surface area contributed by atoms with E-state index in [0.29, 0.717) is 24.0 Å². The number of hydrogen-bond donors (Lipinski definition) is 2. The Labute approximate surface area is 118 Å². The first-order chi connectivity index (χ1) is 9.86. The van der Waals surface area contributed by atoms with Crippen LogP contribution in [-0.2, 0) is 12.6 Å². The molecule has 0 radical (unpaired) electrons. The van der Waals surface area contributed by atoms with E-state index >= 15 is 0 Å². The van der Waals surface area contributed by atoms with Crippen molar-refractivity contribution >= 4 is 0 Å². The lowest BCUT2D eigenvalue weighted by Gasteiger charge is -2.16. The maximum atomic E-state index is 13.6. The summed E-state index contributed by atoms with van der Waals surface area (Å²) in [5.41, 5.74) is 1.36. The Morgan fingerprint density at radius 1 is 1.24 bits per heavy atom. The molecule has 3 N–H and O–H groups in total. The normalized spacial score (nSPS) is 13.4. The van der Waals surface area contributed by atoms with Gasteiger partial charge in [-0.15, -0.1) is 0 Å². The molecule has 1 heterocycles. The van der Waals surface area contributed by atoms with Crippen LogP contribution in [0.1, 0.15) is 35.6 Å². The molecule has 1 atom stereocenters. The molecule has 0 saturated heterocycles. The minimum absolute atomic E-state index is 0.250. The quantitative estimate of drug-likeness (QED) is 0.516. The van der Waals surface area contributed by atoms with Gasteiger partial charge in [0.15, 0.2) is 0 Å². The second-order valence-corrected chi connectivity index (χ2v) is 4.49. The van der Waals surface area contributed by atoms with E-state index < -0.39 is 23.6 Å². The predicted molar refractivity (Wildman–Crippen MR) is 68.7 cm³/mol. The molecule has 0 aliphatic rings. The lowest BCUT2D eigenvalue weighted by atomic mass is 10.0. The maximum Gasteiger partial charge on any atom is 0.419 e. The van der Waals surface area contributed by atoms with Gasteiger partial charge in [-0.05, 0) is 29.8 Å². The van der Waals surface area contributed by atoms with E-state index in [1.807, 2.05) is 6.92 Å². The van der Waals surface area contributed by atoms with Crippen LogP contribution in [0.4, 0.5) is 17.6 Å². The molecule has 0 amide bonds. The van der Waals surface area contributed by atoms with Crippen molar-refractivity contribution < 1.29 is 22.0 Å². The molecular formula is C14H14F4N2O. The van der Waals surface area contributed by atoms with Gasteiger partial charge in [0, 0.05) is 6.42 Å². The molecule has 0 fully saturated rings. The number of furan rings is 1. The third-order valence-electron chi connectivity index (χ3n) is 3.11. The Bertz CT molecular complexity index is 622. The number of nitrogens with one attached hydrogen (secondary N) is 1. The highest BCUT2D eigenvalue weighted by atomic mass is 19.4. The minimum atomic E-state index is -4.73. The first-order valence-electron chi connectivity index (χ1n) is 6.28. The van der Waals surface area contributed by atoms with Crippen LogP contribution in [0, 0.1) is 5.82 Å². The van der Waals surface area contributed by atoms with Gasteiger partial charge in [0.05, 0.1) is 5.56 Å². The van der Waals surface area contributed by atoms with Gasteiger partial charge in [-0.3, -0.25) is 5.84 Å². The average molecular weight is 302 g/mol. The molecule has 1 unspecified atom stereocenters. The molecule has 0 spiro atoms. The lowest BCUT2D eigenvalue weighted by molar-refractivity contribution is -0.140. The fraction of sp³-hybridized carbons (Fsp3) is 0.286. The SMILES string of the molecule is CCc1ccc(C(NN)c2ccc(C(F)(F)F)c(F)c2)o1. The van der Waals surface area contributed by atoms with E-state index in [4.69, 9.17) is 10.3 Å². The van der Waals surface area contributed by atoms with Crippen molar-refractivity contribution in [2.45, 2.75) is 25.6 Å². The second kappa shape index (κ2) is 5.87. The van der Waals surface area contributed by atoms with Gasteiger partial charge < -0.3 is 4.42 Å². The van der Waals surface area contributed by atoms with Gasteiger partial charge in [0.25, 0.3) is 0 Å². The van der Waals surface area contributed by atoms with Crippen molar-refractivity contribution in [2.75, 3.05) is 0 Å². The summed E-state index contributed by atoms with van der Waals surface area (Å²) in [4.78, 5) is 0. The molecule has 1 aromatic carbocycles. The number of nitrogens with two attached hydrogens (primary N) is 1. The van der Waals surface area contributed by atoms with E-state index in [9.17, 15) is 17.6 Å². The number of rotatable bonds is 4. The van der Waals surface area contributed by atoms with Gasteiger partial charge >= 0.3 is 6.18 Å². The van der Waals surface area contributed by atoms with Crippen LogP contribution in [0.5, 0.6) is 0 Å². The van der Waals surface area contributed by atoms with Crippen molar-refractivity contribution in [2.24, 2.45) is 5.84 Å². The maximum absolute atomic E-state index is 13.6. The molecule has 2 rings (SSSR count). The number of hydrazine groups is 1. The largest absolute Gasteiger partial charge is 0.464 e. The monoisotopic (exact) mass is 302 g/mol. The molecule has 114 valence electrons. The van der Waals surface area contributed by atoms with Crippen LogP contribution in [-0.4, -0.2) is 0 Å². The Hall–Kier alpha value is -1.86. The second-order valence-electron chi connectivity index (χ2n) is 4.49. The summed E-state index contributed by atoms with van der Waals surface area (Å²) < 4.78 is 56.7. The summed E-state index contributed by atoms with van der Waals surface area (Å²) in [6.45, 7) is 1.89. The Morgan fingerprint density at radius 3 is 2.43 bits per heavy atom. The summed E-state index contributed by atoms with van der Waals surface area (Å²) in [5, 5.41) is 0. The third kappa shape index (κ3) is 3.25. The number of halogens is 4. The predicted octanol–water partition coefficient (Wildman–Crippen LogP) is 3.55. The van der Waals surface area contributed by atoms with Crippen LogP contribution < -0.4 is 11.3 Å². The number of benzene rings is 1. The fourth-order valence-electron chi connectivity index (χ4n) is 2.02. The highest BCUT2D eigenvalue weighted by molar-refractivity contribution is 5.32. The molecule has 3 nitrogen and oxygen atoms in total. The fourth-order valence-corrected chi connectivity index (χ4v) is 2.02. The molecule has 0 bridgehead atoms. The molecular weight excluding hydrogens is 288 g/mol. The number of alkyl halides is 3. The van der Waals surface area contributed by atoms with Crippen molar-refractivity contribution in [3.8, 4) is 0 Å². The number of aryl methyl sites for hydroxylation is 1. The van der Waals surface area contributed by atoms with E-state index in [-0.39, 0.29) is 5.56 Å². The van der Waals surface area contributed by atoms with Gasteiger partial charge in [-0.1, -0.05) is 13.0 Å². The van der Waals surface area contributed by atoms with Gasteiger partial charge in [0.1, 0.15) is 23.4 Å². The van der Waals surface area contributed by atoms with Gasteiger partial charge in [-0.25, -0.2) is 9.82 Å². The first kappa shape index (κ1) is 15.5. The van der Waals surface area contributed by atoms with E-state index in [1.54, 1.807) is 12.1 Å². The highest BCUT2D eigenvalue weighted by Gasteiger charge is 2.34. The molecule has 0 aliphatic carbocycles. The van der Waals surface area contributed by atoms with Gasteiger partial charge in [0.2, 0.25) is 0 Å². The highest BCUT2D eigenvalue weighted by Crippen LogP contribution is 2.33. The summed E-state index contributed by atoms with van der Waals surface area (Å²) in [7, 11) is 0. The van der Waals surface area contributed by atoms with E-state index in [0.717, 1.165) is 6.07 Å². The van der Waals surface area contributed by atoms with Crippen molar-refractivity contribution in [1.82, 2.24) is 5.43 Å². The molecule has 1 aromatic heterocycles. The van der Waals surface area contributed by atoms with Crippen LogP contribution in [0.3, 0.4) is 0 Å². The molecule has 7 heteroatoms. The standard InChI is InChI=1S/C14H14F4N2O/c1-2-9-4-6-12(21-9)13(20-19)8-3-5-10(11(15)7-8)14(16,17)18/h3-7,13,20H,2,19H2,1H3. The Morgan fingerprint density at radius 2 is 1.95 bits per heavy atom. The molecule has 0 saturated carbocycles. The third-order valence-corrected chi connectivity index (χ3v) is 3.11. The molecule has 21 heavy (non-hydrogen) atoms. The smallest absolute Gasteiger partial charge is 0.419 e. The lowest BCUT2D eigenvalue weighted by Crippen LogP contribution is -2.28. The Balaban J connectivity index is 2.37. The van der Waals surface area contributed by atoms with E-state index in [1.165, 1.54) is 6.07 Å². The van der Waals surface area contributed by atoms with Crippen LogP contribution >= 0.6 is 0 Å². The summed E-state index contributed by atoms with van der Waals surface area (Å²) in [6.07, 6.45) is -4.06. The van der Waals surface area contributed by atoms with Crippen LogP contribution in [0.2, 0.25) is 0 Å². The van der Waals surface area contributed by atoms with E-state index in [2.05, 4.69) is 5.43 Å². The van der Waals surface area contributed by atoms with Crippen molar-refractivity contribution in [3.05, 3.63) is 58.8 Å². The summed E-state index contributed by atoms with van der Waals surface area (Å²) in [6, 6.07) is 5.34. The average Bonchev–Trinajstić information content (AvgIpc) is 2.87. The zero-order valence-corrected chi connectivity index (χ0v) is 11.2. The zero-order chi connectivity index (χ0) is 15.6. The van der Waals surface area contributed by atoms with Crippen molar-refractivity contribution in [3.63, 3.8) is 0 Å². The van der Waals surface area contributed by atoms with Crippen LogP contribution in [0.25, 0.3) is 0 Å². The molecule has 2 aromatic rings. The summed E-state index contributed by atoms with van der Waals surface area (Å²) in [5.74, 6) is 5.18. The first-order valence-corrected chi connectivity index (χ1v) is 6.28. The van der Waals surface area contributed by atoms with Gasteiger partial charge in [-0.2, -0.15) is 13.2 Å².